The standard InChI is InChI=1S/C19H20FN7/c1-12-10-18(25-24-13(12)2)23-9-3-4-17-16(11-21)19(22)27(26-17)15-7-5-14(20)6-8-15/h5-8,10H,3-4,9,22H2,1-2H3,(H,23,25). The van der Waals surface area contributed by atoms with Crippen LogP contribution in [0.15, 0.2) is 30.3 Å². The fraction of sp³-hybridized carbons (Fsp3) is 0.263. The topological polar surface area (TPSA) is 105 Å². The first-order chi connectivity index (χ1) is 13.0. The van der Waals surface area contributed by atoms with Crippen molar-refractivity contribution in [3.63, 3.8) is 0 Å². The lowest BCUT2D eigenvalue weighted by atomic mass is 10.1. The Balaban J connectivity index is 1.68. The molecule has 0 radical (unpaired) electrons. The van der Waals surface area contributed by atoms with E-state index in [9.17, 15) is 9.65 Å². The van der Waals surface area contributed by atoms with Crippen LogP contribution in [-0.2, 0) is 6.42 Å². The molecule has 2 heterocycles. The lowest BCUT2D eigenvalue weighted by molar-refractivity contribution is 0.627. The van der Waals surface area contributed by atoms with Crippen LogP contribution in [0.1, 0.15) is 28.9 Å². The van der Waals surface area contributed by atoms with Crippen LogP contribution < -0.4 is 11.1 Å². The summed E-state index contributed by atoms with van der Waals surface area (Å²) >= 11 is 0. The fourth-order valence-electron chi connectivity index (χ4n) is 2.66. The summed E-state index contributed by atoms with van der Waals surface area (Å²) in [5.41, 5.74) is 9.62. The normalized spacial score (nSPS) is 10.6. The maximum atomic E-state index is 13.1. The summed E-state index contributed by atoms with van der Waals surface area (Å²) < 4.78 is 14.6. The van der Waals surface area contributed by atoms with Gasteiger partial charge in [-0.15, -0.1) is 5.10 Å². The quantitative estimate of drug-likeness (QED) is 0.651. The van der Waals surface area contributed by atoms with E-state index in [0.29, 0.717) is 29.9 Å². The fourth-order valence-corrected chi connectivity index (χ4v) is 2.66. The van der Waals surface area contributed by atoms with E-state index in [1.807, 2.05) is 19.9 Å². The van der Waals surface area contributed by atoms with Gasteiger partial charge in [0.2, 0.25) is 0 Å². The van der Waals surface area contributed by atoms with Crippen molar-refractivity contribution in [3.8, 4) is 11.8 Å². The molecular formula is C19H20FN7. The van der Waals surface area contributed by atoms with Gasteiger partial charge in [0, 0.05) is 6.54 Å². The number of anilines is 2. The Morgan fingerprint density at radius 1 is 1.22 bits per heavy atom. The molecule has 3 N–H and O–H groups in total. The Morgan fingerprint density at radius 3 is 2.63 bits per heavy atom. The molecule has 3 aromatic rings. The van der Waals surface area contributed by atoms with Crippen molar-refractivity contribution in [2.24, 2.45) is 0 Å². The summed E-state index contributed by atoms with van der Waals surface area (Å²) in [6.07, 6.45) is 1.32. The Labute approximate surface area is 156 Å². The summed E-state index contributed by atoms with van der Waals surface area (Å²) in [6, 6.07) is 9.87. The molecule has 3 rings (SSSR count). The lowest BCUT2D eigenvalue weighted by Gasteiger charge is -2.06. The minimum atomic E-state index is -0.342. The number of nitrogens with two attached hydrogens (primary N) is 1. The van der Waals surface area contributed by atoms with Gasteiger partial charge in [-0.2, -0.15) is 15.5 Å². The van der Waals surface area contributed by atoms with E-state index in [0.717, 1.165) is 23.5 Å². The molecule has 8 heteroatoms. The molecular weight excluding hydrogens is 345 g/mol. The molecule has 1 aromatic carbocycles. The number of hydrogen-bond acceptors (Lipinski definition) is 6. The summed E-state index contributed by atoms with van der Waals surface area (Å²) in [6.45, 7) is 4.56. The number of nitrogens with one attached hydrogen (secondary N) is 1. The lowest BCUT2D eigenvalue weighted by Crippen LogP contribution is -2.07. The second kappa shape index (κ2) is 7.83. The van der Waals surface area contributed by atoms with E-state index >= 15 is 0 Å². The first-order valence-corrected chi connectivity index (χ1v) is 8.58. The van der Waals surface area contributed by atoms with Gasteiger partial charge in [-0.05, 0) is 62.6 Å². The highest BCUT2D eigenvalue weighted by molar-refractivity contribution is 5.56. The third kappa shape index (κ3) is 4.03. The van der Waals surface area contributed by atoms with Gasteiger partial charge in [0.15, 0.2) is 0 Å². The van der Waals surface area contributed by atoms with Gasteiger partial charge >= 0.3 is 0 Å². The van der Waals surface area contributed by atoms with Crippen molar-refractivity contribution in [3.05, 3.63) is 58.7 Å². The number of aryl methyl sites for hydroxylation is 3. The highest BCUT2D eigenvalue weighted by atomic mass is 19.1. The molecule has 0 fully saturated rings. The number of nitrogen functional groups attached to an aromatic ring is 1. The average molecular weight is 365 g/mol. The summed E-state index contributed by atoms with van der Waals surface area (Å²) in [5, 5.41) is 25.3. The number of halogens is 1. The Morgan fingerprint density at radius 2 is 1.96 bits per heavy atom. The minimum Gasteiger partial charge on any atom is -0.382 e. The molecule has 0 amide bonds. The molecule has 0 aliphatic carbocycles. The van der Waals surface area contributed by atoms with E-state index in [1.54, 1.807) is 12.1 Å². The average Bonchev–Trinajstić information content (AvgIpc) is 2.98. The second-order valence-corrected chi connectivity index (χ2v) is 6.24. The van der Waals surface area contributed by atoms with E-state index < -0.39 is 0 Å². The van der Waals surface area contributed by atoms with Crippen molar-refractivity contribution in [1.29, 1.82) is 5.26 Å². The molecule has 2 aromatic heterocycles. The molecule has 0 aliphatic rings. The Hall–Kier alpha value is -3.47. The smallest absolute Gasteiger partial charge is 0.148 e. The van der Waals surface area contributed by atoms with Crippen LogP contribution in [-0.4, -0.2) is 26.5 Å². The van der Waals surface area contributed by atoms with Crippen LogP contribution in [0.2, 0.25) is 0 Å². The maximum absolute atomic E-state index is 13.1. The second-order valence-electron chi connectivity index (χ2n) is 6.24. The third-order valence-corrected chi connectivity index (χ3v) is 4.30. The molecule has 138 valence electrons. The molecule has 0 saturated carbocycles. The van der Waals surface area contributed by atoms with Gasteiger partial charge in [0.05, 0.1) is 17.1 Å². The van der Waals surface area contributed by atoms with Gasteiger partial charge in [-0.25, -0.2) is 9.07 Å². The van der Waals surface area contributed by atoms with Gasteiger partial charge in [0.1, 0.15) is 29.1 Å². The molecule has 7 nitrogen and oxygen atoms in total. The van der Waals surface area contributed by atoms with Gasteiger partial charge in [0.25, 0.3) is 0 Å². The van der Waals surface area contributed by atoms with E-state index in [2.05, 4.69) is 26.7 Å². The molecule has 0 bridgehead atoms. The molecule has 0 unspecified atom stereocenters. The summed E-state index contributed by atoms with van der Waals surface area (Å²) in [7, 11) is 0. The van der Waals surface area contributed by atoms with Crippen molar-refractivity contribution < 1.29 is 4.39 Å². The first-order valence-electron chi connectivity index (χ1n) is 8.58. The van der Waals surface area contributed by atoms with Crippen LogP contribution in [0.4, 0.5) is 16.0 Å². The largest absolute Gasteiger partial charge is 0.382 e. The minimum absolute atomic E-state index is 0.257. The van der Waals surface area contributed by atoms with Gasteiger partial charge in [-0.1, -0.05) is 0 Å². The van der Waals surface area contributed by atoms with Crippen LogP contribution in [0.5, 0.6) is 0 Å². The van der Waals surface area contributed by atoms with Crippen LogP contribution >= 0.6 is 0 Å². The highest BCUT2D eigenvalue weighted by Crippen LogP contribution is 2.21. The van der Waals surface area contributed by atoms with E-state index in [1.165, 1.54) is 16.8 Å². The van der Waals surface area contributed by atoms with Crippen LogP contribution in [0.3, 0.4) is 0 Å². The Bertz CT molecular complexity index is 987. The predicted molar refractivity (Wildman–Crippen MR) is 101 cm³/mol. The Kier molecular flexibility index (Phi) is 5.31. The number of nitrogens with zero attached hydrogens (tertiary/aromatic N) is 5. The zero-order valence-corrected chi connectivity index (χ0v) is 15.2. The monoisotopic (exact) mass is 365 g/mol. The molecule has 0 spiro atoms. The zero-order valence-electron chi connectivity index (χ0n) is 15.2. The van der Waals surface area contributed by atoms with Crippen LogP contribution in [0.25, 0.3) is 5.69 Å². The van der Waals surface area contributed by atoms with Crippen molar-refractivity contribution in [1.82, 2.24) is 20.0 Å². The first kappa shape index (κ1) is 18.3. The number of aromatic nitrogens is 4. The van der Waals surface area contributed by atoms with E-state index in [-0.39, 0.29) is 11.6 Å². The molecule has 0 aliphatic heterocycles. The zero-order chi connectivity index (χ0) is 19.4. The van der Waals surface area contributed by atoms with Crippen molar-refractivity contribution >= 4 is 11.6 Å². The summed E-state index contributed by atoms with van der Waals surface area (Å²) in [5.74, 6) is 0.632. The predicted octanol–water partition coefficient (Wildman–Crippen LogP) is 2.92. The molecule has 0 atom stereocenters. The SMILES string of the molecule is Cc1cc(NCCCc2nn(-c3ccc(F)cc3)c(N)c2C#N)nnc1C. The molecule has 0 saturated heterocycles. The van der Waals surface area contributed by atoms with E-state index in [4.69, 9.17) is 5.73 Å². The van der Waals surface area contributed by atoms with Crippen molar-refractivity contribution in [2.75, 3.05) is 17.6 Å². The number of benzene rings is 1. The molecule has 27 heavy (non-hydrogen) atoms. The van der Waals surface area contributed by atoms with Crippen molar-refractivity contribution in [2.45, 2.75) is 26.7 Å². The number of nitriles is 1. The maximum Gasteiger partial charge on any atom is 0.148 e. The van der Waals surface area contributed by atoms with Gasteiger partial charge < -0.3 is 11.1 Å². The number of hydrogen-bond donors (Lipinski definition) is 2. The number of rotatable bonds is 6. The van der Waals surface area contributed by atoms with Crippen LogP contribution in [0, 0.1) is 31.0 Å². The van der Waals surface area contributed by atoms with Gasteiger partial charge in [-0.3, -0.25) is 0 Å². The summed E-state index contributed by atoms with van der Waals surface area (Å²) in [4.78, 5) is 0. The third-order valence-electron chi connectivity index (χ3n) is 4.30. The highest BCUT2D eigenvalue weighted by Gasteiger charge is 2.16.